The van der Waals surface area contributed by atoms with Crippen LogP contribution in [0.15, 0.2) is 0 Å². The fraction of sp³-hybridized carbons (Fsp3) is 0.875. The van der Waals surface area contributed by atoms with Crippen LogP contribution in [0.4, 0.5) is 0 Å². The summed E-state index contributed by atoms with van der Waals surface area (Å²) in [5.41, 5.74) is 0. The van der Waals surface area contributed by atoms with E-state index < -0.39 is 5.97 Å². The summed E-state index contributed by atoms with van der Waals surface area (Å²) >= 11 is 10.2. The normalized spacial score (nSPS) is 21.1. The van der Waals surface area contributed by atoms with E-state index in [2.05, 4.69) is 5.32 Å². The molecule has 0 aromatic rings. The molecule has 1 aliphatic rings. The van der Waals surface area contributed by atoms with Crippen molar-refractivity contribution in [2.75, 3.05) is 12.3 Å². The smallest absolute Gasteiger partial charge is 0.793 e. The van der Waals surface area contributed by atoms with Gasteiger partial charge in [-0.1, -0.05) is 19.3 Å². The SMILES string of the molecule is O=C(CCCCC([S-])CC[S-])NCC1CCC(C(=O)[O-])CC1.[Na+].[Zn+2]. The molecule has 0 heterocycles. The molecule has 1 aliphatic carbocycles. The Morgan fingerprint density at radius 2 is 1.75 bits per heavy atom. The van der Waals surface area contributed by atoms with Gasteiger partial charge in [-0.05, 0) is 43.9 Å². The fourth-order valence-electron chi connectivity index (χ4n) is 2.88. The third-order valence-electron chi connectivity index (χ3n) is 4.39. The number of carbonyl (C=O) groups excluding carboxylic acids is 2. The standard InChI is InChI=1S/C16H29NO3S2.Na.Zn/c18-15(4-2-1-3-14(22)9-10-21)17-11-12-5-7-13(8-6-12)16(19)20;;/h12-14,21-22H,1-11H2,(H,17,18)(H,19,20);;/q;+1;+2/p-3. The van der Waals surface area contributed by atoms with Gasteiger partial charge >= 0.3 is 49.0 Å². The van der Waals surface area contributed by atoms with Gasteiger partial charge in [-0.3, -0.25) is 4.79 Å². The van der Waals surface area contributed by atoms with Gasteiger partial charge in [0.2, 0.25) is 5.91 Å². The maximum absolute atomic E-state index is 11.8. The molecule has 0 spiro atoms. The summed E-state index contributed by atoms with van der Waals surface area (Å²) in [7, 11) is 0. The fourth-order valence-corrected chi connectivity index (χ4v) is 3.60. The number of amides is 1. The molecule has 128 valence electrons. The average molecular weight is 433 g/mol. The van der Waals surface area contributed by atoms with Crippen LogP contribution in [0.5, 0.6) is 0 Å². The van der Waals surface area contributed by atoms with Crippen molar-refractivity contribution in [2.45, 2.75) is 63.0 Å². The van der Waals surface area contributed by atoms with Crippen LogP contribution in [0.1, 0.15) is 57.8 Å². The van der Waals surface area contributed by atoms with Gasteiger partial charge in [0.05, 0.1) is 0 Å². The van der Waals surface area contributed by atoms with E-state index in [0.717, 1.165) is 44.3 Å². The van der Waals surface area contributed by atoms with E-state index in [0.29, 0.717) is 31.7 Å². The zero-order valence-corrected chi connectivity index (χ0v) is 21.4. The van der Waals surface area contributed by atoms with E-state index >= 15 is 0 Å². The summed E-state index contributed by atoms with van der Waals surface area (Å²) in [5.74, 6) is -0.0173. The molecular weight excluding hydrogens is 407 g/mol. The van der Waals surface area contributed by atoms with Gasteiger partial charge in [0.15, 0.2) is 0 Å². The van der Waals surface area contributed by atoms with Gasteiger partial charge in [-0.15, -0.1) is 0 Å². The number of nitrogens with one attached hydrogen (secondary N) is 1. The van der Waals surface area contributed by atoms with E-state index in [1.54, 1.807) is 0 Å². The molecule has 0 aromatic heterocycles. The van der Waals surface area contributed by atoms with Crippen molar-refractivity contribution < 1.29 is 63.7 Å². The first kappa shape index (κ1) is 27.5. The molecule has 1 fully saturated rings. The second-order valence-electron chi connectivity index (χ2n) is 6.20. The molecule has 1 saturated carbocycles. The number of rotatable bonds is 10. The second kappa shape index (κ2) is 16.4. The van der Waals surface area contributed by atoms with E-state index in [-0.39, 0.29) is 66.1 Å². The van der Waals surface area contributed by atoms with Gasteiger partial charge in [-0.25, -0.2) is 0 Å². The molecule has 1 amide bonds. The Morgan fingerprint density at radius 3 is 2.29 bits per heavy atom. The first-order valence-corrected chi connectivity index (χ1v) is 9.29. The van der Waals surface area contributed by atoms with Crippen LogP contribution in [0.25, 0.3) is 0 Å². The molecule has 1 unspecified atom stereocenters. The van der Waals surface area contributed by atoms with Crippen LogP contribution in [0.2, 0.25) is 0 Å². The van der Waals surface area contributed by atoms with Crippen molar-refractivity contribution in [3.63, 3.8) is 0 Å². The molecule has 0 radical (unpaired) electrons. The molecule has 1 rings (SSSR count). The predicted molar refractivity (Wildman–Crippen MR) is 89.9 cm³/mol. The van der Waals surface area contributed by atoms with Crippen molar-refractivity contribution in [3.05, 3.63) is 0 Å². The number of carboxylic acids is 1. The molecule has 0 bridgehead atoms. The van der Waals surface area contributed by atoms with Gasteiger partial charge in [0.1, 0.15) is 0 Å². The Bertz CT molecular complexity index is 356. The molecule has 1 atom stereocenters. The first-order chi connectivity index (χ1) is 10.5. The van der Waals surface area contributed by atoms with Crippen LogP contribution in [0, 0.1) is 11.8 Å². The number of hydrogen-bond donors (Lipinski definition) is 1. The molecule has 8 heteroatoms. The van der Waals surface area contributed by atoms with E-state index in [1.807, 2.05) is 0 Å². The summed E-state index contributed by atoms with van der Waals surface area (Å²) in [4.78, 5) is 22.5. The van der Waals surface area contributed by atoms with Crippen molar-refractivity contribution in [1.29, 1.82) is 0 Å². The Labute approximate surface area is 191 Å². The number of unbranched alkanes of at least 4 members (excludes halogenated alkanes) is 1. The number of aliphatic carboxylic acids is 1. The van der Waals surface area contributed by atoms with Crippen molar-refractivity contribution in [3.8, 4) is 0 Å². The molecule has 1 N–H and O–H groups in total. The Balaban J connectivity index is 0. The molecule has 4 nitrogen and oxygen atoms in total. The maximum Gasteiger partial charge on any atom is 2.00 e. The van der Waals surface area contributed by atoms with Gasteiger partial charge < -0.3 is 40.5 Å². The summed E-state index contributed by atoms with van der Waals surface area (Å²) in [5, 5.41) is 14.0. The summed E-state index contributed by atoms with van der Waals surface area (Å²) < 4.78 is 0. The quantitative estimate of drug-likeness (QED) is 0.247. The minimum Gasteiger partial charge on any atom is -0.793 e. The molecule has 24 heavy (non-hydrogen) atoms. The predicted octanol–water partition coefficient (Wildman–Crippen LogP) is -1.93. The average Bonchev–Trinajstić information content (AvgIpc) is 2.50. The third-order valence-corrected chi connectivity index (χ3v) is 5.09. The maximum atomic E-state index is 11.8. The van der Waals surface area contributed by atoms with Crippen LogP contribution < -0.4 is 40.0 Å². The Hall–Kier alpha value is 1.26. The monoisotopic (exact) mass is 431 g/mol. The zero-order valence-electron chi connectivity index (χ0n) is 14.8. The molecule has 0 saturated heterocycles. The van der Waals surface area contributed by atoms with Crippen molar-refractivity contribution >= 4 is 37.1 Å². The van der Waals surface area contributed by atoms with Crippen LogP contribution in [0.3, 0.4) is 0 Å². The third kappa shape index (κ3) is 12.6. The van der Waals surface area contributed by atoms with Gasteiger partial charge in [0.25, 0.3) is 0 Å². The number of carboxylic acid groups (broad SMARTS) is 1. The summed E-state index contributed by atoms with van der Waals surface area (Å²) in [6, 6.07) is 0. The largest absolute Gasteiger partial charge is 2.00 e. The molecular formula is C16H26NNaO3S2Zn. The van der Waals surface area contributed by atoms with Crippen LogP contribution in [-0.4, -0.2) is 29.4 Å². The number of hydrogen-bond acceptors (Lipinski definition) is 5. The Kier molecular flexibility index (Phi) is 18.8. The minimum atomic E-state index is -0.932. The minimum absolute atomic E-state index is 0. The molecule has 0 aliphatic heterocycles. The Morgan fingerprint density at radius 1 is 1.12 bits per heavy atom. The van der Waals surface area contributed by atoms with Crippen LogP contribution in [-0.2, 0) is 54.3 Å². The van der Waals surface area contributed by atoms with Crippen LogP contribution >= 0.6 is 0 Å². The van der Waals surface area contributed by atoms with Gasteiger partial charge in [0, 0.05) is 18.9 Å². The summed E-state index contributed by atoms with van der Waals surface area (Å²) in [6.07, 6.45) is 7.33. The second-order valence-corrected chi connectivity index (χ2v) is 7.28. The first-order valence-electron chi connectivity index (χ1n) is 8.24. The van der Waals surface area contributed by atoms with E-state index in [9.17, 15) is 14.7 Å². The number of carbonyl (C=O) groups is 2. The van der Waals surface area contributed by atoms with Crippen molar-refractivity contribution in [1.82, 2.24) is 5.32 Å². The van der Waals surface area contributed by atoms with Crippen molar-refractivity contribution in [2.24, 2.45) is 11.8 Å². The zero-order chi connectivity index (χ0) is 16.4. The van der Waals surface area contributed by atoms with E-state index in [1.165, 1.54) is 0 Å². The topological polar surface area (TPSA) is 69.2 Å². The van der Waals surface area contributed by atoms with E-state index in [4.69, 9.17) is 25.3 Å². The molecule has 0 aromatic carbocycles. The summed E-state index contributed by atoms with van der Waals surface area (Å²) in [6.45, 7) is 0.665. The van der Waals surface area contributed by atoms with Gasteiger partial charge in [-0.2, -0.15) is 11.0 Å².